The predicted molar refractivity (Wildman–Crippen MR) is 54.7 cm³/mol. The zero-order valence-electron chi connectivity index (χ0n) is 8.56. The molecule has 1 heterocycles. The van der Waals surface area contributed by atoms with Crippen LogP contribution in [-0.2, 0) is 6.54 Å². The Bertz CT molecular complexity index is 240. The predicted octanol–water partition coefficient (Wildman–Crippen LogP) is 0.681. The van der Waals surface area contributed by atoms with Gasteiger partial charge in [-0.25, -0.2) is 9.97 Å². The lowest BCUT2D eigenvalue weighted by Crippen LogP contribution is -2.25. The Hall–Kier alpha value is -1.00. The third kappa shape index (κ3) is 3.81. The summed E-state index contributed by atoms with van der Waals surface area (Å²) in [4.78, 5) is 10.5. The fourth-order valence-corrected chi connectivity index (χ4v) is 1.25. The summed E-state index contributed by atoms with van der Waals surface area (Å²) >= 11 is 0. The monoisotopic (exact) mass is 195 g/mol. The summed E-state index contributed by atoms with van der Waals surface area (Å²) in [5.74, 6) is 0.840. The van der Waals surface area contributed by atoms with E-state index in [1.54, 1.807) is 12.4 Å². The van der Waals surface area contributed by atoms with Crippen LogP contribution in [0, 0.1) is 0 Å². The highest BCUT2D eigenvalue weighted by Gasteiger charge is 2.04. The van der Waals surface area contributed by atoms with E-state index >= 15 is 0 Å². The Morgan fingerprint density at radius 2 is 2.07 bits per heavy atom. The van der Waals surface area contributed by atoms with Crippen LogP contribution in [-0.4, -0.2) is 39.7 Å². The molecule has 1 N–H and O–H groups in total. The number of rotatable bonds is 6. The van der Waals surface area contributed by atoms with E-state index in [1.807, 2.05) is 6.07 Å². The molecular weight excluding hydrogens is 178 g/mol. The number of hydrogen-bond acceptors (Lipinski definition) is 4. The Labute approximate surface area is 84.6 Å². The van der Waals surface area contributed by atoms with Crippen LogP contribution in [0.2, 0.25) is 0 Å². The van der Waals surface area contributed by atoms with Gasteiger partial charge in [0.15, 0.2) is 0 Å². The maximum atomic E-state index is 8.72. The summed E-state index contributed by atoms with van der Waals surface area (Å²) in [7, 11) is 0. The highest BCUT2D eigenvalue weighted by molar-refractivity contribution is 4.88. The minimum Gasteiger partial charge on any atom is -0.396 e. The van der Waals surface area contributed by atoms with Crippen LogP contribution in [0.25, 0.3) is 0 Å². The van der Waals surface area contributed by atoms with Gasteiger partial charge in [0.2, 0.25) is 0 Å². The lowest BCUT2D eigenvalue weighted by Gasteiger charge is -2.18. The number of hydrogen-bond donors (Lipinski definition) is 1. The summed E-state index contributed by atoms with van der Waals surface area (Å²) in [5.41, 5.74) is 0. The number of aliphatic hydroxyl groups excluding tert-OH is 1. The Balaban J connectivity index is 2.40. The van der Waals surface area contributed by atoms with Gasteiger partial charge in [0.25, 0.3) is 0 Å². The first-order valence-electron chi connectivity index (χ1n) is 4.96. The molecule has 0 atom stereocenters. The highest BCUT2D eigenvalue weighted by Crippen LogP contribution is 1.98. The molecule has 78 valence electrons. The normalized spacial score (nSPS) is 10.8. The molecule has 0 amide bonds. The van der Waals surface area contributed by atoms with Crippen LogP contribution in [0.4, 0.5) is 0 Å². The molecule has 0 fully saturated rings. The number of nitrogens with zero attached hydrogens (tertiary/aromatic N) is 3. The van der Waals surface area contributed by atoms with E-state index in [-0.39, 0.29) is 6.61 Å². The standard InChI is InChI=1S/C10H17N3O/c1-2-13(7-4-8-14)9-10-11-5-3-6-12-10/h3,5-6,14H,2,4,7-9H2,1H3. The van der Waals surface area contributed by atoms with Gasteiger partial charge in [0.1, 0.15) is 5.82 Å². The third-order valence-electron chi connectivity index (χ3n) is 2.06. The Kier molecular flexibility index (Phi) is 5.11. The van der Waals surface area contributed by atoms with Crippen molar-refractivity contribution in [3.05, 3.63) is 24.3 Å². The van der Waals surface area contributed by atoms with E-state index in [0.29, 0.717) is 0 Å². The lowest BCUT2D eigenvalue weighted by atomic mass is 10.3. The molecule has 0 saturated heterocycles. The van der Waals surface area contributed by atoms with Crippen molar-refractivity contribution in [2.24, 2.45) is 0 Å². The quantitative estimate of drug-likeness (QED) is 0.725. The van der Waals surface area contributed by atoms with E-state index in [2.05, 4.69) is 21.8 Å². The van der Waals surface area contributed by atoms with Crippen LogP contribution in [0.15, 0.2) is 18.5 Å². The molecule has 0 aliphatic heterocycles. The van der Waals surface area contributed by atoms with E-state index in [9.17, 15) is 0 Å². The summed E-state index contributed by atoms with van der Waals surface area (Å²) in [6.45, 7) is 4.95. The van der Waals surface area contributed by atoms with Crippen molar-refractivity contribution in [1.82, 2.24) is 14.9 Å². The maximum Gasteiger partial charge on any atom is 0.142 e. The van der Waals surface area contributed by atoms with Crippen molar-refractivity contribution in [3.8, 4) is 0 Å². The molecule has 1 aromatic rings. The molecule has 0 radical (unpaired) electrons. The molecule has 4 heteroatoms. The summed E-state index contributed by atoms with van der Waals surface area (Å²) in [6.07, 6.45) is 4.31. The molecule has 1 aromatic heterocycles. The molecule has 0 aliphatic rings. The van der Waals surface area contributed by atoms with Gasteiger partial charge < -0.3 is 5.11 Å². The van der Waals surface area contributed by atoms with Crippen LogP contribution >= 0.6 is 0 Å². The van der Waals surface area contributed by atoms with Crippen molar-refractivity contribution in [1.29, 1.82) is 0 Å². The van der Waals surface area contributed by atoms with Gasteiger partial charge in [-0.3, -0.25) is 4.90 Å². The van der Waals surface area contributed by atoms with Crippen molar-refractivity contribution in [3.63, 3.8) is 0 Å². The first-order chi connectivity index (χ1) is 6.86. The topological polar surface area (TPSA) is 49.2 Å². The Morgan fingerprint density at radius 1 is 1.36 bits per heavy atom. The van der Waals surface area contributed by atoms with Gasteiger partial charge in [-0.1, -0.05) is 6.92 Å². The minimum absolute atomic E-state index is 0.242. The highest BCUT2D eigenvalue weighted by atomic mass is 16.3. The summed E-state index contributed by atoms with van der Waals surface area (Å²) in [5, 5.41) is 8.72. The van der Waals surface area contributed by atoms with Crippen molar-refractivity contribution in [2.45, 2.75) is 19.9 Å². The van der Waals surface area contributed by atoms with Crippen LogP contribution in [0.1, 0.15) is 19.2 Å². The molecule has 0 aliphatic carbocycles. The molecule has 0 bridgehead atoms. The molecule has 14 heavy (non-hydrogen) atoms. The van der Waals surface area contributed by atoms with Crippen LogP contribution < -0.4 is 0 Å². The van der Waals surface area contributed by atoms with E-state index in [0.717, 1.165) is 31.9 Å². The van der Waals surface area contributed by atoms with Crippen LogP contribution in [0.3, 0.4) is 0 Å². The maximum absolute atomic E-state index is 8.72. The smallest absolute Gasteiger partial charge is 0.142 e. The van der Waals surface area contributed by atoms with Crippen molar-refractivity contribution < 1.29 is 5.11 Å². The first kappa shape index (κ1) is 11.1. The summed E-state index contributed by atoms with van der Waals surface area (Å²) in [6, 6.07) is 1.81. The molecule has 0 saturated carbocycles. The second-order valence-corrected chi connectivity index (χ2v) is 3.11. The number of aromatic nitrogens is 2. The van der Waals surface area contributed by atoms with Crippen molar-refractivity contribution in [2.75, 3.05) is 19.7 Å². The fourth-order valence-electron chi connectivity index (χ4n) is 1.25. The lowest BCUT2D eigenvalue weighted by molar-refractivity contribution is 0.222. The average Bonchev–Trinajstić information content (AvgIpc) is 2.25. The SMILES string of the molecule is CCN(CCCO)Cc1ncccn1. The van der Waals surface area contributed by atoms with Gasteiger partial charge >= 0.3 is 0 Å². The van der Waals surface area contributed by atoms with Gasteiger partial charge in [-0.15, -0.1) is 0 Å². The van der Waals surface area contributed by atoms with Gasteiger partial charge in [-0.2, -0.15) is 0 Å². The zero-order valence-corrected chi connectivity index (χ0v) is 8.56. The van der Waals surface area contributed by atoms with Gasteiger partial charge in [-0.05, 0) is 19.0 Å². The van der Waals surface area contributed by atoms with Gasteiger partial charge in [0, 0.05) is 25.5 Å². The molecule has 4 nitrogen and oxygen atoms in total. The molecule has 0 unspecified atom stereocenters. The average molecular weight is 195 g/mol. The minimum atomic E-state index is 0.242. The fraction of sp³-hybridized carbons (Fsp3) is 0.600. The third-order valence-corrected chi connectivity index (χ3v) is 2.06. The summed E-state index contributed by atoms with van der Waals surface area (Å²) < 4.78 is 0. The molecular formula is C10H17N3O. The molecule has 1 rings (SSSR count). The van der Waals surface area contributed by atoms with Gasteiger partial charge in [0.05, 0.1) is 6.54 Å². The van der Waals surface area contributed by atoms with Crippen molar-refractivity contribution >= 4 is 0 Å². The Morgan fingerprint density at radius 3 is 2.64 bits per heavy atom. The molecule has 0 aromatic carbocycles. The second kappa shape index (κ2) is 6.45. The van der Waals surface area contributed by atoms with E-state index in [4.69, 9.17) is 5.11 Å². The van der Waals surface area contributed by atoms with E-state index < -0.39 is 0 Å². The van der Waals surface area contributed by atoms with Crippen LogP contribution in [0.5, 0.6) is 0 Å². The first-order valence-corrected chi connectivity index (χ1v) is 4.96. The molecule has 0 spiro atoms. The zero-order chi connectivity index (χ0) is 10.2. The number of aliphatic hydroxyl groups is 1. The van der Waals surface area contributed by atoms with E-state index in [1.165, 1.54) is 0 Å². The second-order valence-electron chi connectivity index (χ2n) is 3.11. The largest absolute Gasteiger partial charge is 0.396 e.